The van der Waals surface area contributed by atoms with Crippen LogP contribution in [0.15, 0.2) is 0 Å². The summed E-state index contributed by atoms with van der Waals surface area (Å²) in [6.07, 6.45) is 5.50. The fourth-order valence-corrected chi connectivity index (χ4v) is 6.69. The van der Waals surface area contributed by atoms with Crippen molar-refractivity contribution in [2.75, 3.05) is 18.9 Å². The second-order valence-corrected chi connectivity index (χ2v) is 14.1. The van der Waals surface area contributed by atoms with E-state index in [4.69, 9.17) is 0 Å². The Labute approximate surface area is 106 Å². The summed E-state index contributed by atoms with van der Waals surface area (Å²) in [5, 5.41) is 18.9. The minimum absolute atomic E-state index is 0.160. The number of aliphatic hydroxyl groups excluding tert-OH is 2. The summed E-state index contributed by atoms with van der Waals surface area (Å²) in [5.74, 6) is 2.44. The normalized spacial score (nSPS) is 36.9. The molecule has 2 N–H and O–H groups in total. The zero-order chi connectivity index (χ0) is 12.0. The molecule has 2 rings (SSSR count). The first kappa shape index (κ1) is 13.3. The Balaban J connectivity index is 2.13. The molecule has 0 aromatic rings. The van der Waals surface area contributed by atoms with Crippen molar-refractivity contribution < 1.29 is 10.2 Å². The van der Waals surface area contributed by atoms with Gasteiger partial charge < -0.3 is 0 Å². The predicted octanol–water partition coefficient (Wildman–Crippen LogP) is 2.06. The second kappa shape index (κ2) is 4.52. The summed E-state index contributed by atoms with van der Waals surface area (Å²) >= 11 is 3.13. The summed E-state index contributed by atoms with van der Waals surface area (Å²) in [6.45, 7) is 4.78. The molecule has 2 saturated carbocycles. The standard InChI is InChI=1S/C12H23O2PSe/c1-12(2)10-4-3-9(5-10)11(12)6-15(16,7-13)8-14/h9-11,13-14H,3-8H2,1-2H3. The first-order chi connectivity index (χ1) is 7.43. The fraction of sp³-hybridized carbons (Fsp3) is 1.00. The van der Waals surface area contributed by atoms with E-state index in [1.807, 2.05) is 0 Å². The molecule has 0 radical (unpaired) electrons. The van der Waals surface area contributed by atoms with Crippen LogP contribution in [0.25, 0.3) is 0 Å². The average molecular weight is 309 g/mol. The molecule has 2 fully saturated rings. The fourth-order valence-electron chi connectivity index (χ4n) is 3.87. The van der Waals surface area contributed by atoms with E-state index in [0.717, 1.165) is 18.0 Å². The van der Waals surface area contributed by atoms with E-state index in [1.54, 1.807) is 0 Å². The summed E-state index contributed by atoms with van der Waals surface area (Å²) in [6, 6.07) is 0. The summed E-state index contributed by atoms with van der Waals surface area (Å²) in [5.41, 5.74) is -1.19. The quantitative estimate of drug-likeness (QED) is 0.616. The third kappa shape index (κ3) is 2.10. The van der Waals surface area contributed by atoms with Crippen LogP contribution in [0.2, 0.25) is 0 Å². The monoisotopic (exact) mass is 310 g/mol. The van der Waals surface area contributed by atoms with Gasteiger partial charge in [0.2, 0.25) is 0 Å². The second-order valence-electron chi connectivity index (χ2n) is 6.22. The topological polar surface area (TPSA) is 40.5 Å². The van der Waals surface area contributed by atoms with Crippen molar-refractivity contribution in [2.45, 2.75) is 33.1 Å². The molecule has 3 unspecified atom stereocenters. The number of fused-ring (bicyclic) bond motifs is 2. The molecule has 0 saturated heterocycles. The van der Waals surface area contributed by atoms with E-state index in [2.05, 4.69) is 28.9 Å². The minimum atomic E-state index is -1.60. The van der Waals surface area contributed by atoms with E-state index in [1.165, 1.54) is 19.3 Å². The molecule has 0 spiro atoms. The Morgan fingerprint density at radius 3 is 2.31 bits per heavy atom. The SMILES string of the molecule is CC1(C)C2CCC(C2)C1CP(=[Se])(CO)CO. The average Bonchev–Trinajstić information content (AvgIpc) is 2.81. The molecular weight excluding hydrogens is 286 g/mol. The molecule has 94 valence electrons. The van der Waals surface area contributed by atoms with Crippen molar-refractivity contribution in [1.82, 2.24) is 0 Å². The number of hydrogen-bond acceptors (Lipinski definition) is 2. The molecule has 0 aromatic carbocycles. The van der Waals surface area contributed by atoms with E-state index < -0.39 is 5.51 Å². The third-order valence-corrected chi connectivity index (χ3v) is 9.58. The molecular formula is C12H23O2PSe. The van der Waals surface area contributed by atoms with Gasteiger partial charge in [-0.05, 0) is 0 Å². The molecule has 0 aliphatic heterocycles. The molecule has 2 aliphatic carbocycles. The van der Waals surface area contributed by atoms with E-state index in [9.17, 15) is 10.2 Å². The van der Waals surface area contributed by atoms with Crippen LogP contribution in [0.3, 0.4) is 0 Å². The molecule has 16 heavy (non-hydrogen) atoms. The summed E-state index contributed by atoms with van der Waals surface area (Å²) in [7, 11) is 0. The maximum absolute atomic E-state index is 9.44. The van der Waals surface area contributed by atoms with E-state index in [0.29, 0.717) is 11.3 Å². The van der Waals surface area contributed by atoms with Gasteiger partial charge in [0, 0.05) is 0 Å². The van der Waals surface area contributed by atoms with Crippen LogP contribution >= 0.6 is 5.51 Å². The van der Waals surface area contributed by atoms with Crippen LogP contribution in [-0.2, 0) is 0 Å². The summed E-state index contributed by atoms with van der Waals surface area (Å²) < 4.78 is 0. The van der Waals surface area contributed by atoms with E-state index >= 15 is 0 Å². The Morgan fingerprint density at radius 1 is 1.25 bits per heavy atom. The van der Waals surface area contributed by atoms with Crippen LogP contribution in [0.1, 0.15) is 33.1 Å². The molecule has 0 aromatic heterocycles. The molecule has 0 heterocycles. The first-order valence-corrected chi connectivity index (χ1v) is 10.8. The van der Waals surface area contributed by atoms with Gasteiger partial charge >= 0.3 is 106 Å². The van der Waals surface area contributed by atoms with Crippen molar-refractivity contribution in [2.24, 2.45) is 23.2 Å². The van der Waals surface area contributed by atoms with Gasteiger partial charge in [0.1, 0.15) is 0 Å². The van der Waals surface area contributed by atoms with Crippen LogP contribution in [-0.4, -0.2) is 44.2 Å². The van der Waals surface area contributed by atoms with Gasteiger partial charge in [0.05, 0.1) is 0 Å². The number of rotatable bonds is 4. The molecule has 3 atom stereocenters. The van der Waals surface area contributed by atoms with Gasteiger partial charge in [-0.3, -0.25) is 0 Å². The molecule has 2 aliphatic rings. The van der Waals surface area contributed by atoms with Crippen LogP contribution < -0.4 is 0 Å². The van der Waals surface area contributed by atoms with Crippen molar-refractivity contribution >= 4 is 20.6 Å². The predicted molar refractivity (Wildman–Crippen MR) is 69.8 cm³/mol. The van der Waals surface area contributed by atoms with Crippen LogP contribution in [0, 0.1) is 23.2 Å². The summed E-state index contributed by atoms with van der Waals surface area (Å²) in [4.78, 5) is 0. The van der Waals surface area contributed by atoms with Gasteiger partial charge in [-0.15, -0.1) is 0 Å². The van der Waals surface area contributed by atoms with Gasteiger partial charge in [-0.1, -0.05) is 0 Å². The first-order valence-electron chi connectivity index (χ1n) is 6.22. The maximum atomic E-state index is 9.44. The number of hydrogen-bond donors (Lipinski definition) is 2. The zero-order valence-corrected chi connectivity index (χ0v) is 12.8. The van der Waals surface area contributed by atoms with Gasteiger partial charge in [0.25, 0.3) is 0 Å². The van der Waals surface area contributed by atoms with Gasteiger partial charge in [-0.25, -0.2) is 0 Å². The molecule has 2 bridgehead atoms. The van der Waals surface area contributed by atoms with Crippen molar-refractivity contribution in [3.05, 3.63) is 0 Å². The molecule has 0 amide bonds. The third-order valence-electron chi connectivity index (χ3n) is 5.09. The Bertz CT molecular complexity index is 308. The van der Waals surface area contributed by atoms with Gasteiger partial charge in [-0.2, -0.15) is 0 Å². The molecule has 4 heteroatoms. The van der Waals surface area contributed by atoms with Crippen LogP contribution in [0.5, 0.6) is 0 Å². The van der Waals surface area contributed by atoms with Crippen molar-refractivity contribution in [3.8, 4) is 0 Å². The number of aliphatic hydroxyl groups is 2. The van der Waals surface area contributed by atoms with E-state index in [-0.39, 0.29) is 12.7 Å². The van der Waals surface area contributed by atoms with Crippen molar-refractivity contribution in [1.29, 1.82) is 0 Å². The zero-order valence-electron chi connectivity index (χ0n) is 10.2. The Kier molecular flexibility index (Phi) is 3.76. The Morgan fingerprint density at radius 2 is 1.88 bits per heavy atom. The molecule has 2 nitrogen and oxygen atoms in total. The van der Waals surface area contributed by atoms with Crippen molar-refractivity contribution in [3.63, 3.8) is 0 Å². The van der Waals surface area contributed by atoms with Gasteiger partial charge in [0.15, 0.2) is 0 Å². The van der Waals surface area contributed by atoms with Crippen LogP contribution in [0.4, 0.5) is 0 Å². The Hall–Kier alpha value is 0.869.